The third-order valence-electron chi connectivity index (χ3n) is 5.23. The standard InChI is InChI=1S/C22H26ClN3O2/c1-16-15-17(23)9-10-19(16)24-20(27)22(2,3)21(28)26-13-11-25(12-14-26)18-7-5-4-6-8-18/h4-10,15H,11-14H2,1-3H3,(H,24,27). The number of nitrogens with one attached hydrogen (secondary N) is 1. The second kappa shape index (κ2) is 8.23. The van der Waals surface area contributed by atoms with E-state index in [1.165, 1.54) is 0 Å². The molecule has 1 heterocycles. The van der Waals surface area contributed by atoms with Gasteiger partial charge in [-0.3, -0.25) is 9.59 Å². The van der Waals surface area contributed by atoms with Crippen molar-refractivity contribution in [3.8, 4) is 0 Å². The zero-order valence-corrected chi connectivity index (χ0v) is 17.3. The molecule has 0 spiro atoms. The van der Waals surface area contributed by atoms with Crippen molar-refractivity contribution in [3.63, 3.8) is 0 Å². The summed E-state index contributed by atoms with van der Waals surface area (Å²) in [7, 11) is 0. The quantitative estimate of drug-likeness (QED) is 0.791. The van der Waals surface area contributed by atoms with Crippen molar-refractivity contribution in [3.05, 3.63) is 59.1 Å². The van der Waals surface area contributed by atoms with Gasteiger partial charge < -0.3 is 15.1 Å². The van der Waals surface area contributed by atoms with Crippen LogP contribution < -0.4 is 10.2 Å². The summed E-state index contributed by atoms with van der Waals surface area (Å²) in [6.45, 7) is 7.94. The second-order valence-electron chi connectivity index (χ2n) is 7.65. The van der Waals surface area contributed by atoms with E-state index in [1.54, 1.807) is 36.9 Å². The first kappa shape index (κ1) is 20.2. The summed E-state index contributed by atoms with van der Waals surface area (Å²) in [6, 6.07) is 15.4. The van der Waals surface area contributed by atoms with Gasteiger partial charge in [-0.2, -0.15) is 0 Å². The van der Waals surface area contributed by atoms with Gasteiger partial charge in [0.15, 0.2) is 0 Å². The Balaban J connectivity index is 1.63. The van der Waals surface area contributed by atoms with Crippen molar-refractivity contribution >= 4 is 34.8 Å². The minimum Gasteiger partial charge on any atom is -0.368 e. The van der Waals surface area contributed by atoms with Crippen LogP contribution in [0.1, 0.15) is 19.4 Å². The summed E-state index contributed by atoms with van der Waals surface area (Å²) in [5.74, 6) is -0.460. The Morgan fingerprint density at radius 2 is 1.64 bits per heavy atom. The molecule has 0 aliphatic carbocycles. The smallest absolute Gasteiger partial charge is 0.239 e. The Labute approximate surface area is 171 Å². The molecule has 1 aliphatic heterocycles. The number of carbonyl (C=O) groups excluding carboxylic acids is 2. The molecule has 0 saturated carbocycles. The number of para-hydroxylation sites is 1. The van der Waals surface area contributed by atoms with Crippen LogP contribution in [0.4, 0.5) is 11.4 Å². The lowest BCUT2D eigenvalue weighted by Gasteiger charge is -2.39. The molecule has 2 amide bonds. The van der Waals surface area contributed by atoms with E-state index in [0.717, 1.165) is 24.3 Å². The average Bonchev–Trinajstić information content (AvgIpc) is 2.70. The van der Waals surface area contributed by atoms with E-state index in [-0.39, 0.29) is 11.8 Å². The molecule has 5 nitrogen and oxygen atoms in total. The molecule has 0 atom stereocenters. The van der Waals surface area contributed by atoms with E-state index in [0.29, 0.717) is 23.8 Å². The van der Waals surface area contributed by atoms with Crippen LogP contribution in [0.2, 0.25) is 5.02 Å². The molecule has 2 aromatic carbocycles. The maximum absolute atomic E-state index is 13.1. The molecule has 2 aromatic rings. The van der Waals surface area contributed by atoms with Gasteiger partial charge in [-0.05, 0) is 56.7 Å². The predicted molar refractivity (Wildman–Crippen MR) is 114 cm³/mol. The normalized spacial score (nSPS) is 14.7. The second-order valence-corrected chi connectivity index (χ2v) is 8.09. The highest BCUT2D eigenvalue weighted by atomic mass is 35.5. The van der Waals surface area contributed by atoms with Gasteiger partial charge in [-0.1, -0.05) is 29.8 Å². The molecular formula is C22H26ClN3O2. The molecule has 28 heavy (non-hydrogen) atoms. The van der Waals surface area contributed by atoms with E-state index in [4.69, 9.17) is 11.6 Å². The maximum atomic E-state index is 13.1. The van der Waals surface area contributed by atoms with Gasteiger partial charge in [-0.25, -0.2) is 0 Å². The van der Waals surface area contributed by atoms with Crippen molar-refractivity contribution in [1.29, 1.82) is 0 Å². The summed E-state index contributed by atoms with van der Waals surface area (Å²) in [4.78, 5) is 29.9. The monoisotopic (exact) mass is 399 g/mol. The molecule has 0 aromatic heterocycles. The number of halogens is 1. The Hall–Kier alpha value is -2.53. The van der Waals surface area contributed by atoms with E-state index in [2.05, 4.69) is 22.3 Å². The van der Waals surface area contributed by atoms with Crippen LogP contribution in [-0.4, -0.2) is 42.9 Å². The largest absolute Gasteiger partial charge is 0.368 e. The first-order valence-electron chi connectivity index (χ1n) is 9.46. The number of hydrogen-bond acceptors (Lipinski definition) is 3. The van der Waals surface area contributed by atoms with Crippen molar-refractivity contribution in [2.45, 2.75) is 20.8 Å². The number of piperazine rings is 1. The van der Waals surface area contributed by atoms with Gasteiger partial charge in [0.2, 0.25) is 11.8 Å². The van der Waals surface area contributed by atoms with E-state index < -0.39 is 5.41 Å². The van der Waals surface area contributed by atoms with E-state index in [9.17, 15) is 9.59 Å². The molecule has 6 heteroatoms. The zero-order chi connectivity index (χ0) is 20.3. The van der Waals surface area contributed by atoms with Crippen LogP contribution in [-0.2, 0) is 9.59 Å². The van der Waals surface area contributed by atoms with Crippen molar-refractivity contribution in [2.75, 3.05) is 36.4 Å². The van der Waals surface area contributed by atoms with Gasteiger partial charge in [0.25, 0.3) is 0 Å². The highest BCUT2D eigenvalue weighted by Crippen LogP contribution is 2.26. The zero-order valence-electron chi connectivity index (χ0n) is 16.5. The maximum Gasteiger partial charge on any atom is 0.239 e. The third-order valence-corrected chi connectivity index (χ3v) is 5.46. The number of nitrogens with zero attached hydrogens (tertiary/aromatic N) is 2. The van der Waals surface area contributed by atoms with Crippen molar-refractivity contribution in [1.82, 2.24) is 4.90 Å². The number of aryl methyl sites for hydroxylation is 1. The third kappa shape index (κ3) is 4.30. The van der Waals surface area contributed by atoms with Gasteiger partial charge in [0.05, 0.1) is 0 Å². The van der Waals surface area contributed by atoms with Crippen LogP contribution in [0.3, 0.4) is 0 Å². The topological polar surface area (TPSA) is 52.7 Å². The minimum atomic E-state index is -1.15. The molecule has 1 aliphatic rings. The highest BCUT2D eigenvalue weighted by Gasteiger charge is 2.40. The van der Waals surface area contributed by atoms with Crippen molar-refractivity contribution < 1.29 is 9.59 Å². The number of benzene rings is 2. The summed E-state index contributed by atoms with van der Waals surface area (Å²) < 4.78 is 0. The number of carbonyl (C=O) groups is 2. The number of anilines is 2. The van der Waals surface area contributed by atoms with Gasteiger partial charge >= 0.3 is 0 Å². The minimum absolute atomic E-state index is 0.149. The fourth-order valence-corrected chi connectivity index (χ4v) is 3.57. The van der Waals surface area contributed by atoms with E-state index >= 15 is 0 Å². The van der Waals surface area contributed by atoms with Gasteiger partial charge in [-0.15, -0.1) is 0 Å². The fraction of sp³-hybridized carbons (Fsp3) is 0.364. The van der Waals surface area contributed by atoms with Gasteiger partial charge in [0.1, 0.15) is 5.41 Å². The summed E-state index contributed by atoms with van der Waals surface area (Å²) in [6.07, 6.45) is 0. The lowest BCUT2D eigenvalue weighted by atomic mass is 9.89. The lowest BCUT2D eigenvalue weighted by molar-refractivity contribution is -0.146. The molecule has 0 bridgehead atoms. The highest BCUT2D eigenvalue weighted by molar-refractivity contribution is 6.30. The Morgan fingerprint density at radius 3 is 2.25 bits per heavy atom. The van der Waals surface area contributed by atoms with Crippen LogP contribution in [0.5, 0.6) is 0 Å². The Kier molecular flexibility index (Phi) is 5.94. The average molecular weight is 400 g/mol. The first-order valence-corrected chi connectivity index (χ1v) is 9.84. The van der Waals surface area contributed by atoms with Crippen LogP contribution in [0, 0.1) is 12.3 Å². The van der Waals surface area contributed by atoms with Crippen molar-refractivity contribution in [2.24, 2.45) is 5.41 Å². The van der Waals surface area contributed by atoms with E-state index in [1.807, 2.05) is 25.1 Å². The summed E-state index contributed by atoms with van der Waals surface area (Å²) in [5.41, 5.74) is 1.54. The molecular weight excluding hydrogens is 374 g/mol. The number of rotatable bonds is 4. The first-order chi connectivity index (χ1) is 13.3. The summed E-state index contributed by atoms with van der Waals surface area (Å²) >= 11 is 5.97. The molecule has 3 rings (SSSR count). The molecule has 1 saturated heterocycles. The number of hydrogen-bond donors (Lipinski definition) is 1. The molecule has 1 N–H and O–H groups in total. The molecule has 0 unspecified atom stereocenters. The van der Waals surface area contributed by atoms with Crippen LogP contribution in [0.15, 0.2) is 48.5 Å². The summed E-state index contributed by atoms with van der Waals surface area (Å²) in [5, 5.41) is 3.49. The fourth-order valence-electron chi connectivity index (χ4n) is 3.34. The molecule has 1 fully saturated rings. The lowest BCUT2D eigenvalue weighted by Crippen LogP contribution is -2.54. The number of amides is 2. The van der Waals surface area contributed by atoms with Crippen LogP contribution >= 0.6 is 11.6 Å². The molecule has 148 valence electrons. The predicted octanol–water partition coefficient (Wildman–Crippen LogP) is 3.96. The molecule has 0 radical (unpaired) electrons. The Morgan fingerprint density at radius 1 is 1.00 bits per heavy atom. The Bertz CT molecular complexity index is 859. The SMILES string of the molecule is Cc1cc(Cl)ccc1NC(=O)C(C)(C)C(=O)N1CCN(c2ccccc2)CC1. The van der Waals surface area contributed by atoms with Gasteiger partial charge in [0, 0.05) is 42.6 Å². The van der Waals surface area contributed by atoms with Crippen LogP contribution in [0.25, 0.3) is 0 Å².